The Morgan fingerprint density at radius 2 is 2.00 bits per heavy atom. The number of pyridine rings is 2. The molecular weight excluding hydrogens is 260 g/mol. The predicted molar refractivity (Wildman–Crippen MR) is 77.1 cm³/mol. The Labute approximate surface area is 115 Å². The normalized spacial score (nSPS) is 9.95. The fourth-order valence-corrected chi connectivity index (χ4v) is 1.52. The van der Waals surface area contributed by atoms with Crippen molar-refractivity contribution in [2.75, 3.05) is 5.32 Å². The van der Waals surface area contributed by atoms with Gasteiger partial charge in [0.05, 0.1) is 0 Å². The van der Waals surface area contributed by atoms with Gasteiger partial charge in [-0.05, 0) is 30.7 Å². The zero-order valence-corrected chi connectivity index (χ0v) is 11.1. The van der Waals surface area contributed by atoms with E-state index in [1.165, 1.54) is 6.20 Å². The van der Waals surface area contributed by atoms with Crippen molar-refractivity contribution in [1.29, 1.82) is 0 Å². The van der Waals surface area contributed by atoms with Crippen LogP contribution in [0.1, 0.15) is 21.6 Å². The summed E-state index contributed by atoms with van der Waals surface area (Å²) in [6.07, 6.45) is 3.15. The highest BCUT2D eigenvalue weighted by Crippen LogP contribution is 2.07. The van der Waals surface area contributed by atoms with E-state index in [-0.39, 0.29) is 16.6 Å². The van der Waals surface area contributed by atoms with E-state index in [9.17, 15) is 4.79 Å². The van der Waals surface area contributed by atoms with Gasteiger partial charge in [0.2, 0.25) is 0 Å². The van der Waals surface area contributed by atoms with Crippen molar-refractivity contribution >= 4 is 28.9 Å². The standard InChI is InChI=1S/C13H12N4OS/c1-8-2-5-11(16-6-8)17-13(18)10-4-3-9(7-15-10)12(14)19/h2-7H,1H3,(H2,14,19)(H,16,17,18). The Hall–Kier alpha value is -2.34. The van der Waals surface area contributed by atoms with Crippen LogP contribution in [0.15, 0.2) is 36.7 Å². The molecule has 0 aliphatic rings. The molecule has 5 nitrogen and oxygen atoms in total. The minimum atomic E-state index is -0.328. The van der Waals surface area contributed by atoms with E-state index in [0.717, 1.165) is 5.56 Å². The fourth-order valence-electron chi connectivity index (χ4n) is 1.40. The lowest BCUT2D eigenvalue weighted by Crippen LogP contribution is -2.16. The molecule has 0 unspecified atom stereocenters. The van der Waals surface area contributed by atoms with Crippen LogP contribution < -0.4 is 11.1 Å². The van der Waals surface area contributed by atoms with E-state index in [4.69, 9.17) is 18.0 Å². The highest BCUT2D eigenvalue weighted by molar-refractivity contribution is 7.80. The lowest BCUT2D eigenvalue weighted by molar-refractivity contribution is 0.102. The highest BCUT2D eigenvalue weighted by Gasteiger charge is 2.08. The summed E-state index contributed by atoms with van der Waals surface area (Å²) in [5.74, 6) is 0.154. The smallest absolute Gasteiger partial charge is 0.275 e. The summed E-state index contributed by atoms with van der Waals surface area (Å²) in [5.41, 5.74) is 7.39. The van der Waals surface area contributed by atoms with Gasteiger partial charge in [-0.1, -0.05) is 18.3 Å². The number of carbonyl (C=O) groups excluding carboxylic acids is 1. The molecule has 0 spiro atoms. The van der Waals surface area contributed by atoms with Gasteiger partial charge in [0.1, 0.15) is 16.5 Å². The van der Waals surface area contributed by atoms with Crippen LogP contribution >= 0.6 is 12.2 Å². The first kappa shape index (κ1) is 13.1. The zero-order chi connectivity index (χ0) is 13.8. The van der Waals surface area contributed by atoms with E-state index in [1.54, 1.807) is 24.4 Å². The lowest BCUT2D eigenvalue weighted by atomic mass is 10.2. The number of hydrogen-bond donors (Lipinski definition) is 2. The molecule has 0 aliphatic carbocycles. The van der Waals surface area contributed by atoms with Crippen LogP contribution in [0.2, 0.25) is 0 Å². The number of aryl methyl sites for hydroxylation is 1. The largest absolute Gasteiger partial charge is 0.389 e. The van der Waals surface area contributed by atoms with Crippen LogP contribution in [0.25, 0.3) is 0 Å². The monoisotopic (exact) mass is 272 g/mol. The molecule has 0 saturated heterocycles. The van der Waals surface area contributed by atoms with Crippen molar-refractivity contribution in [2.45, 2.75) is 6.92 Å². The number of nitrogens with two attached hydrogens (primary N) is 1. The molecule has 2 heterocycles. The summed E-state index contributed by atoms with van der Waals surface area (Å²) >= 11 is 4.82. The summed E-state index contributed by atoms with van der Waals surface area (Å²) in [6, 6.07) is 6.83. The number of carbonyl (C=O) groups is 1. The molecule has 0 fully saturated rings. The molecule has 3 N–H and O–H groups in total. The van der Waals surface area contributed by atoms with Gasteiger partial charge in [-0.2, -0.15) is 0 Å². The molecule has 0 aliphatic heterocycles. The molecule has 0 bridgehead atoms. The molecule has 0 radical (unpaired) electrons. The number of thiocarbonyl (C=S) groups is 1. The first-order valence-corrected chi connectivity index (χ1v) is 5.97. The molecule has 0 aromatic carbocycles. The number of amides is 1. The maximum Gasteiger partial charge on any atom is 0.275 e. The number of hydrogen-bond acceptors (Lipinski definition) is 4. The van der Waals surface area contributed by atoms with Gasteiger partial charge < -0.3 is 11.1 Å². The van der Waals surface area contributed by atoms with Gasteiger partial charge in [-0.25, -0.2) is 4.98 Å². The van der Waals surface area contributed by atoms with Crippen molar-refractivity contribution in [1.82, 2.24) is 9.97 Å². The second kappa shape index (κ2) is 5.53. The summed E-state index contributed by atoms with van der Waals surface area (Å²) in [5, 5.41) is 2.66. The average molecular weight is 272 g/mol. The van der Waals surface area contributed by atoms with E-state index < -0.39 is 0 Å². The van der Waals surface area contributed by atoms with Crippen LogP contribution in [0.4, 0.5) is 5.82 Å². The number of rotatable bonds is 3. The second-order valence-electron chi connectivity index (χ2n) is 3.97. The van der Waals surface area contributed by atoms with Gasteiger partial charge in [-0.3, -0.25) is 9.78 Å². The van der Waals surface area contributed by atoms with Gasteiger partial charge in [0, 0.05) is 18.0 Å². The highest BCUT2D eigenvalue weighted by atomic mass is 32.1. The minimum Gasteiger partial charge on any atom is -0.389 e. The van der Waals surface area contributed by atoms with Crippen molar-refractivity contribution in [3.8, 4) is 0 Å². The average Bonchev–Trinajstić information content (AvgIpc) is 2.41. The maximum atomic E-state index is 11.9. The number of nitrogens with one attached hydrogen (secondary N) is 1. The minimum absolute atomic E-state index is 0.250. The second-order valence-corrected chi connectivity index (χ2v) is 4.41. The summed E-state index contributed by atoms with van der Waals surface area (Å²) < 4.78 is 0. The topological polar surface area (TPSA) is 80.9 Å². The summed E-state index contributed by atoms with van der Waals surface area (Å²) in [6.45, 7) is 1.93. The van der Waals surface area contributed by atoms with Crippen molar-refractivity contribution in [3.05, 3.63) is 53.5 Å². The molecule has 1 amide bonds. The number of anilines is 1. The fraction of sp³-hybridized carbons (Fsp3) is 0.0769. The molecule has 96 valence electrons. The molecule has 0 saturated carbocycles. The summed E-state index contributed by atoms with van der Waals surface area (Å²) in [7, 11) is 0. The third-order valence-corrected chi connectivity index (χ3v) is 2.67. The zero-order valence-electron chi connectivity index (χ0n) is 10.3. The van der Waals surface area contributed by atoms with Gasteiger partial charge in [0.25, 0.3) is 5.91 Å². The summed E-state index contributed by atoms with van der Waals surface area (Å²) in [4.78, 5) is 20.2. The maximum absolute atomic E-state index is 11.9. The molecule has 2 aromatic rings. The molecular formula is C13H12N4OS. The van der Waals surface area contributed by atoms with Crippen LogP contribution in [-0.2, 0) is 0 Å². The van der Waals surface area contributed by atoms with Gasteiger partial charge >= 0.3 is 0 Å². The number of aromatic nitrogens is 2. The molecule has 2 aromatic heterocycles. The van der Waals surface area contributed by atoms with E-state index >= 15 is 0 Å². The van der Waals surface area contributed by atoms with Crippen LogP contribution in [0.3, 0.4) is 0 Å². The van der Waals surface area contributed by atoms with Crippen molar-refractivity contribution < 1.29 is 4.79 Å². The first-order chi connectivity index (χ1) is 9.06. The van der Waals surface area contributed by atoms with Crippen LogP contribution in [0.5, 0.6) is 0 Å². The van der Waals surface area contributed by atoms with Crippen LogP contribution in [0, 0.1) is 6.92 Å². The lowest BCUT2D eigenvalue weighted by Gasteiger charge is -2.04. The van der Waals surface area contributed by atoms with Crippen molar-refractivity contribution in [2.24, 2.45) is 5.73 Å². The molecule has 6 heteroatoms. The van der Waals surface area contributed by atoms with Gasteiger partial charge in [0.15, 0.2) is 0 Å². The van der Waals surface area contributed by atoms with E-state index in [2.05, 4.69) is 15.3 Å². The Kier molecular flexibility index (Phi) is 3.82. The predicted octanol–water partition coefficient (Wildman–Crippen LogP) is 1.67. The molecule has 2 rings (SSSR count). The quantitative estimate of drug-likeness (QED) is 0.831. The van der Waals surface area contributed by atoms with E-state index in [0.29, 0.717) is 11.4 Å². The Morgan fingerprint density at radius 1 is 1.21 bits per heavy atom. The van der Waals surface area contributed by atoms with Crippen molar-refractivity contribution in [3.63, 3.8) is 0 Å². The third-order valence-electron chi connectivity index (χ3n) is 2.43. The van der Waals surface area contributed by atoms with E-state index in [1.807, 2.05) is 13.0 Å². The van der Waals surface area contributed by atoms with Gasteiger partial charge in [-0.15, -0.1) is 0 Å². The third kappa shape index (κ3) is 3.32. The number of nitrogens with zero attached hydrogens (tertiary/aromatic N) is 2. The SMILES string of the molecule is Cc1ccc(NC(=O)c2ccc(C(N)=S)cn2)nc1. The molecule has 0 atom stereocenters. The first-order valence-electron chi connectivity index (χ1n) is 5.56. The Morgan fingerprint density at radius 3 is 2.53 bits per heavy atom. The Bertz CT molecular complexity index is 608. The van der Waals surface area contributed by atoms with Crippen LogP contribution in [-0.4, -0.2) is 20.9 Å². The molecule has 19 heavy (non-hydrogen) atoms. The Balaban J connectivity index is 2.11.